The molecule has 0 spiro atoms. The molecule has 0 saturated heterocycles. The first-order chi connectivity index (χ1) is 11.2. The van der Waals surface area contributed by atoms with E-state index in [-0.39, 0.29) is 5.97 Å². The van der Waals surface area contributed by atoms with Crippen LogP contribution in [0.5, 0.6) is 0 Å². The first-order valence-corrected chi connectivity index (χ1v) is 7.79. The summed E-state index contributed by atoms with van der Waals surface area (Å²) in [5, 5.41) is 3.18. The SMILES string of the molecule is CCOC(=O)c1ccccc1Nc1cc(N(CC)CC)ncn1. The van der Waals surface area contributed by atoms with Gasteiger partial charge < -0.3 is 15.0 Å². The molecule has 6 heteroatoms. The van der Waals surface area contributed by atoms with Gasteiger partial charge in [-0.15, -0.1) is 0 Å². The highest BCUT2D eigenvalue weighted by Crippen LogP contribution is 2.22. The van der Waals surface area contributed by atoms with Crippen molar-refractivity contribution >= 4 is 23.3 Å². The zero-order valence-electron chi connectivity index (χ0n) is 13.7. The van der Waals surface area contributed by atoms with Crippen LogP contribution in [0.2, 0.25) is 0 Å². The summed E-state index contributed by atoms with van der Waals surface area (Å²) in [6.45, 7) is 8.02. The van der Waals surface area contributed by atoms with E-state index in [1.54, 1.807) is 19.1 Å². The van der Waals surface area contributed by atoms with E-state index in [2.05, 4.69) is 34.0 Å². The van der Waals surface area contributed by atoms with E-state index in [4.69, 9.17) is 4.74 Å². The molecule has 0 aliphatic heterocycles. The summed E-state index contributed by atoms with van der Waals surface area (Å²) >= 11 is 0. The quantitative estimate of drug-likeness (QED) is 0.791. The van der Waals surface area contributed by atoms with Gasteiger partial charge in [-0.1, -0.05) is 12.1 Å². The standard InChI is InChI=1S/C17H22N4O2/c1-4-21(5-2)16-11-15(18-12-19-16)20-14-10-8-7-9-13(14)17(22)23-6-3/h7-12H,4-6H2,1-3H3,(H,18,19,20). The molecule has 0 aliphatic rings. The van der Waals surface area contributed by atoms with E-state index in [0.29, 0.717) is 23.7 Å². The van der Waals surface area contributed by atoms with Crippen LogP contribution < -0.4 is 10.2 Å². The average Bonchev–Trinajstić information content (AvgIpc) is 2.57. The molecule has 0 fully saturated rings. The lowest BCUT2D eigenvalue weighted by atomic mass is 10.2. The van der Waals surface area contributed by atoms with Crippen LogP contribution in [0.4, 0.5) is 17.3 Å². The molecule has 0 unspecified atom stereocenters. The summed E-state index contributed by atoms with van der Waals surface area (Å²) in [6.07, 6.45) is 1.52. The zero-order valence-corrected chi connectivity index (χ0v) is 13.7. The molecule has 1 N–H and O–H groups in total. The molecule has 2 rings (SSSR count). The summed E-state index contributed by atoms with van der Waals surface area (Å²) in [7, 11) is 0. The Hall–Kier alpha value is -2.63. The first kappa shape index (κ1) is 16.7. The lowest BCUT2D eigenvalue weighted by molar-refractivity contribution is 0.0527. The lowest BCUT2D eigenvalue weighted by Crippen LogP contribution is -2.23. The molecular weight excluding hydrogens is 292 g/mol. The molecular formula is C17H22N4O2. The number of hydrogen-bond donors (Lipinski definition) is 1. The van der Waals surface area contributed by atoms with Crippen molar-refractivity contribution in [2.45, 2.75) is 20.8 Å². The molecule has 1 heterocycles. The molecule has 122 valence electrons. The number of nitrogens with one attached hydrogen (secondary N) is 1. The molecule has 0 aliphatic carbocycles. The molecule has 0 saturated carbocycles. The van der Waals surface area contributed by atoms with Crippen molar-refractivity contribution in [3.05, 3.63) is 42.2 Å². The summed E-state index contributed by atoms with van der Waals surface area (Å²) in [6, 6.07) is 9.09. The molecule has 1 aromatic heterocycles. The van der Waals surface area contributed by atoms with E-state index in [9.17, 15) is 4.79 Å². The maximum Gasteiger partial charge on any atom is 0.340 e. The number of rotatable bonds is 7. The molecule has 0 atom stereocenters. The van der Waals surface area contributed by atoms with Gasteiger partial charge in [0.1, 0.15) is 18.0 Å². The van der Waals surface area contributed by atoms with Gasteiger partial charge in [0.05, 0.1) is 17.9 Å². The molecule has 1 aromatic carbocycles. The molecule has 0 bridgehead atoms. The number of aromatic nitrogens is 2. The second kappa shape index (κ2) is 8.12. The average molecular weight is 314 g/mol. The fourth-order valence-corrected chi connectivity index (χ4v) is 2.25. The third-order valence-electron chi connectivity index (χ3n) is 3.43. The van der Waals surface area contributed by atoms with Crippen LogP contribution in [0.1, 0.15) is 31.1 Å². The predicted molar refractivity (Wildman–Crippen MR) is 91.3 cm³/mol. The van der Waals surface area contributed by atoms with E-state index >= 15 is 0 Å². The van der Waals surface area contributed by atoms with Crippen molar-refractivity contribution in [1.29, 1.82) is 0 Å². The van der Waals surface area contributed by atoms with Gasteiger partial charge in [0.25, 0.3) is 0 Å². The molecule has 0 radical (unpaired) electrons. The highest BCUT2D eigenvalue weighted by atomic mass is 16.5. The number of para-hydroxylation sites is 1. The van der Waals surface area contributed by atoms with Crippen LogP contribution >= 0.6 is 0 Å². The molecule has 6 nitrogen and oxygen atoms in total. The first-order valence-electron chi connectivity index (χ1n) is 7.79. The van der Waals surface area contributed by atoms with E-state index in [0.717, 1.165) is 18.9 Å². The van der Waals surface area contributed by atoms with Gasteiger partial charge in [-0.3, -0.25) is 0 Å². The Morgan fingerprint density at radius 2 is 1.91 bits per heavy atom. The van der Waals surface area contributed by atoms with Crippen LogP contribution in [-0.4, -0.2) is 35.6 Å². The highest BCUT2D eigenvalue weighted by Gasteiger charge is 2.13. The molecule has 0 amide bonds. The maximum atomic E-state index is 12.0. The number of hydrogen-bond acceptors (Lipinski definition) is 6. The Labute approximate surface area is 136 Å². The zero-order chi connectivity index (χ0) is 16.7. The fraction of sp³-hybridized carbons (Fsp3) is 0.353. The summed E-state index contributed by atoms with van der Waals surface area (Å²) in [5.41, 5.74) is 1.15. The van der Waals surface area contributed by atoms with Crippen LogP contribution in [0.25, 0.3) is 0 Å². The second-order valence-electron chi connectivity index (χ2n) is 4.82. The number of esters is 1. The van der Waals surface area contributed by atoms with Gasteiger partial charge >= 0.3 is 5.97 Å². The highest BCUT2D eigenvalue weighted by molar-refractivity contribution is 5.96. The van der Waals surface area contributed by atoms with Crippen LogP contribution in [0.15, 0.2) is 36.7 Å². The van der Waals surface area contributed by atoms with Crippen molar-refractivity contribution in [3.8, 4) is 0 Å². The summed E-state index contributed by atoms with van der Waals surface area (Å²) < 4.78 is 5.08. The minimum Gasteiger partial charge on any atom is -0.462 e. The second-order valence-corrected chi connectivity index (χ2v) is 4.82. The third kappa shape index (κ3) is 4.18. The van der Waals surface area contributed by atoms with Gasteiger partial charge in [-0.25, -0.2) is 14.8 Å². The van der Waals surface area contributed by atoms with Crippen LogP contribution in [-0.2, 0) is 4.74 Å². The van der Waals surface area contributed by atoms with Crippen molar-refractivity contribution in [1.82, 2.24) is 9.97 Å². The van der Waals surface area contributed by atoms with Gasteiger partial charge in [0.2, 0.25) is 0 Å². The van der Waals surface area contributed by atoms with Gasteiger partial charge in [0.15, 0.2) is 0 Å². The van der Waals surface area contributed by atoms with E-state index < -0.39 is 0 Å². The number of carbonyl (C=O) groups is 1. The van der Waals surface area contributed by atoms with E-state index in [1.807, 2.05) is 18.2 Å². The van der Waals surface area contributed by atoms with Crippen molar-refractivity contribution < 1.29 is 9.53 Å². The normalized spacial score (nSPS) is 10.2. The van der Waals surface area contributed by atoms with E-state index in [1.165, 1.54) is 6.33 Å². The fourth-order valence-electron chi connectivity index (χ4n) is 2.25. The number of benzene rings is 1. The minimum atomic E-state index is -0.353. The number of carbonyl (C=O) groups excluding carboxylic acids is 1. The predicted octanol–water partition coefficient (Wildman–Crippen LogP) is 3.24. The number of anilines is 3. The Balaban J connectivity index is 2.26. The van der Waals surface area contributed by atoms with Crippen LogP contribution in [0, 0.1) is 0 Å². The maximum absolute atomic E-state index is 12.0. The topological polar surface area (TPSA) is 67.3 Å². The largest absolute Gasteiger partial charge is 0.462 e. The molecule has 23 heavy (non-hydrogen) atoms. The van der Waals surface area contributed by atoms with Crippen molar-refractivity contribution in [2.24, 2.45) is 0 Å². The smallest absolute Gasteiger partial charge is 0.340 e. The third-order valence-corrected chi connectivity index (χ3v) is 3.43. The minimum absolute atomic E-state index is 0.340. The van der Waals surface area contributed by atoms with Gasteiger partial charge in [0, 0.05) is 19.2 Å². The lowest BCUT2D eigenvalue weighted by Gasteiger charge is -2.20. The van der Waals surface area contributed by atoms with Gasteiger partial charge in [-0.05, 0) is 32.9 Å². The summed E-state index contributed by atoms with van der Waals surface area (Å²) in [5.74, 6) is 1.13. The van der Waals surface area contributed by atoms with Gasteiger partial charge in [-0.2, -0.15) is 0 Å². The molecule has 2 aromatic rings. The van der Waals surface area contributed by atoms with Crippen molar-refractivity contribution in [3.63, 3.8) is 0 Å². The Bertz CT molecular complexity index is 657. The Morgan fingerprint density at radius 1 is 1.17 bits per heavy atom. The monoisotopic (exact) mass is 314 g/mol. The number of ether oxygens (including phenoxy) is 1. The Kier molecular flexibility index (Phi) is 5.91. The number of nitrogens with zero attached hydrogens (tertiary/aromatic N) is 3. The van der Waals surface area contributed by atoms with Crippen LogP contribution in [0.3, 0.4) is 0 Å². The Morgan fingerprint density at radius 3 is 2.61 bits per heavy atom. The van der Waals surface area contributed by atoms with Crippen molar-refractivity contribution in [2.75, 3.05) is 29.9 Å². The summed E-state index contributed by atoms with van der Waals surface area (Å²) in [4.78, 5) is 22.7.